The minimum Gasteiger partial charge on any atom is -0.491 e. The number of hydrogen-bond acceptors (Lipinski definition) is 6. The van der Waals surface area contributed by atoms with E-state index >= 15 is 0 Å². The Hall–Kier alpha value is -3.28. The minimum absolute atomic E-state index is 0.0783. The zero-order valence-corrected chi connectivity index (χ0v) is 16.9. The molecular formula is C23H24O6. The van der Waals surface area contributed by atoms with Crippen LogP contribution in [0.2, 0.25) is 0 Å². The molecule has 0 spiro atoms. The van der Waals surface area contributed by atoms with Crippen molar-refractivity contribution in [1.82, 2.24) is 0 Å². The Morgan fingerprint density at radius 2 is 1.69 bits per heavy atom. The van der Waals surface area contributed by atoms with Crippen molar-refractivity contribution in [2.45, 2.75) is 39.9 Å². The van der Waals surface area contributed by atoms with Gasteiger partial charge < -0.3 is 18.6 Å². The van der Waals surface area contributed by atoms with Crippen LogP contribution in [0.25, 0.3) is 22.1 Å². The first-order valence-electron chi connectivity index (χ1n) is 9.55. The lowest BCUT2D eigenvalue weighted by Gasteiger charge is -2.13. The van der Waals surface area contributed by atoms with E-state index < -0.39 is 12.1 Å². The van der Waals surface area contributed by atoms with Crippen molar-refractivity contribution in [3.8, 4) is 22.6 Å². The molecule has 0 bridgehead atoms. The molecule has 0 aliphatic carbocycles. The summed E-state index contributed by atoms with van der Waals surface area (Å²) < 4.78 is 21.8. The van der Waals surface area contributed by atoms with Gasteiger partial charge in [0.05, 0.1) is 23.7 Å². The van der Waals surface area contributed by atoms with Gasteiger partial charge in [0.25, 0.3) is 0 Å². The minimum atomic E-state index is -0.759. The number of ether oxygens (including phenoxy) is 3. The highest BCUT2D eigenvalue weighted by Crippen LogP contribution is 2.25. The van der Waals surface area contributed by atoms with Crippen LogP contribution >= 0.6 is 0 Å². The molecule has 0 radical (unpaired) electrons. The highest BCUT2D eigenvalue weighted by molar-refractivity contribution is 5.83. The van der Waals surface area contributed by atoms with Crippen molar-refractivity contribution in [2.24, 2.45) is 0 Å². The summed E-state index contributed by atoms with van der Waals surface area (Å²) in [5, 5.41) is 0.432. The van der Waals surface area contributed by atoms with Crippen molar-refractivity contribution in [3.05, 3.63) is 59.0 Å². The van der Waals surface area contributed by atoms with Crippen molar-refractivity contribution >= 4 is 16.9 Å². The van der Waals surface area contributed by atoms with E-state index in [0.717, 1.165) is 11.3 Å². The summed E-state index contributed by atoms with van der Waals surface area (Å²) in [6.45, 7) is 7.53. The molecule has 1 atom stereocenters. The van der Waals surface area contributed by atoms with E-state index in [0.29, 0.717) is 22.3 Å². The molecule has 152 valence electrons. The maximum absolute atomic E-state index is 12.9. The molecule has 0 fully saturated rings. The van der Waals surface area contributed by atoms with Crippen LogP contribution < -0.4 is 14.9 Å². The highest BCUT2D eigenvalue weighted by atomic mass is 16.6. The molecule has 0 aliphatic heterocycles. The summed E-state index contributed by atoms with van der Waals surface area (Å²) in [7, 11) is 0. The lowest BCUT2D eigenvalue weighted by atomic mass is 10.1. The molecule has 0 aliphatic rings. The van der Waals surface area contributed by atoms with Crippen LogP contribution in [0.5, 0.6) is 11.5 Å². The average molecular weight is 396 g/mol. The maximum Gasteiger partial charge on any atom is 0.347 e. The van der Waals surface area contributed by atoms with Gasteiger partial charge in [-0.3, -0.25) is 4.79 Å². The van der Waals surface area contributed by atoms with Crippen LogP contribution in [-0.2, 0) is 9.53 Å². The summed E-state index contributed by atoms with van der Waals surface area (Å²) in [5.41, 5.74) is 1.44. The third-order valence-electron chi connectivity index (χ3n) is 4.21. The largest absolute Gasteiger partial charge is 0.491 e. The van der Waals surface area contributed by atoms with E-state index in [2.05, 4.69) is 0 Å². The Morgan fingerprint density at radius 3 is 2.34 bits per heavy atom. The van der Waals surface area contributed by atoms with Gasteiger partial charge in [-0.1, -0.05) is 12.1 Å². The fourth-order valence-electron chi connectivity index (χ4n) is 2.88. The molecule has 0 amide bonds. The molecule has 29 heavy (non-hydrogen) atoms. The first-order chi connectivity index (χ1) is 13.9. The van der Waals surface area contributed by atoms with Crippen LogP contribution in [0.1, 0.15) is 27.7 Å². The molecule has 2 aromatic carbocycles. The van der Waals surface area contributed by atoms with Gasteiger partial charge >= 0.3 is 5.97 Å². The van der Waals surface area contributed by atoms with Crippen molar-refractivity contribution in [3.63, 3.8) is 0 Å². The van der Waals surface area contributed by atoms with Crippen molar-refractivity contribution in [1.29, 1.82) is 0 Å². The summed E-state index contributed by atoms with van der Waals surface area (Å²) in [5.74, 6) is 0.713. The zero-order valence-electron chi connectivity index (χ0n) is 16.9. The molecule has 6 nitrogen and oxygen atoms in total. The first-order valence-corrected chi connectivity index (χ1v) is 9.55. The molecule has 3 aromatic rings. The van der Waals surface area contributed by atoms with E-state index in [1.165, 1.54) is 6.26 Å². The number of hydrogen-bond donors (Lipinski definition) is 0. The number of esters is 1. The number of benzene rings is 2. The lowest BCUT2D eigenvalue weighted by Crippen LogP contribution is -2.26. The van der Waals surface area contributed by atoms with Crippen LogP contribution in [0.3, 0.4) is 0 Å². The fourth-order valence-corrected chi connectivity index (χ4v) is 2.88. The molecule has 1 aromatic heterocycles. The molecule has 3 rings (SSSR count). The Morgan fingerprint density at radius 1 is 1.00 bits per heavy atom. The van der Waals surface area contributed by atoms with Crippen molar-refractivity contribution < 1.29 is 23.4 Å². The van der Waals surface area contributed by atoms with Gasteiger partial charge in [-0.15, -0.1) is 0 Å². The second kappa shape index (κ2) is 8.82. The second-order valence-electron chi connectivity index (χ2n) is 6.84. The maximum atomic E-state index is 12.9. The second-order valence-corrected chi connectivity index (χ2v) is 6.84. The Balaban J connectivity index is 1.87. The summed E-state index contributed by atoms with van der Waals surface area (Å²) >= 11 is 0. The normalized spacial score (nSPS) is 12.0. The standard InChI is InChI=1S/C23H24O6/c1-5-26-23(25)15(4)29-18-10-11-19-21(12-18)27-13-20(22(19)24)16-6-8-17(9-7-16)28-14(2)3/h6-15H,5H2,1-4H3/t15-/m1/s1. The van der Waals surface area contributed by atoms with Gasteiger partial charge in [0, 0.05) is 6.07 Å². The SMILES string of the molecule is CCOC(=O)[C@@H](C)Oc1ccc2c(=O)c(-c3ccc(OC(C)C)cc3)coc2c1. The van der Waals surface area contributed by atoms with Crippen LogP contribution in [-0.4, -0.2) is 24.8 Å². The topological polar surface area (TPSA) is 75.0 Å². The van der Waals surface area contributed by atoms with Crippen LogP contribution in [0.15, 0.2) is 57.9 Å². The molecule has 1 heterocycles. The predicted octanol–water partition coefficient (Wildman–Crippen LogP) is 4.58. The van der Waals surface area contributed by atoms with Gasteiger partial charge in [-0.25, -0.2) is 4.79 Å². The number of rotatable bonds is 7. The quantitative estimate of drug-likeness (QED) is 0.544. The van der Waals surface area contributed by atoms with Gasteiger partial charge in [0.1, 0.15) is 23.3 Å². The lowest BCUT2D eigenvalue weighted by molar-refractivity contribution is -0.150. The van der Waals surface area contributed by atoms with E-state index in [4.69, 9.17) is 18.6 Å². The number of fused-ring (bicyclic) bond motifs is 1. The van der Waals surface area contributed by atoms with E-state index in [1.54, 1.807) is 32.0 Å². The monoisotopic (exact) mass is 396 g/mol. The smallest absolute Gasteiger partial charge is 0.347 e. The average Bonchev–Trinajstić information content (AvgIpc) is 2.69. The van der Waals surface area contributed by atoms with Gasteiger partial charge in [0.15, 0.2) is 11.5 Å². The van der Waals surface area contributed by atoms with Gasteiger partial charge in [0.2, 0.25) is 0 Å². The summed E-state index contributed by atoms with van der Waals surface area (Å²) in [4.78, 5) is 24.6. The molecule has 0 saturated heterocycles. The number of carbonyl (C=O) groups excluding carboxylic acids is 1. The van der Waals surface area contributed by atoms with Gasteiger partial charge in [-0.2, -0.15) is 0 Å². The Bertz CT molecular complexity index is 1050. The van der Waals surface area contributed by atoms with Gasteiger partial charge in [-0.05, 0) is 57.5 Å². The summed E-state index contributed by atoms with van der Waals surface area (Å²) in [6.07, 6.45) is 0.751. The molecule has 0 saturated carbocycles. The first kappa shape index (κ1) is 20.5. The van der Waals surface area contributed by atoms with E-state index in [-0.39, 0.29) is 18.1 Å². The number of carbonyl (C=O) groups is 1. The predicted molar refractivity (Wildman–Crippen MR) is 110 cm³/mol. The van der Waals surface area contributed by atoms with Crippen LogP contribution in [0, 0.1) is 0 Å². The highest BCUT2D eigenvalue weighted by Gasteiger charge is 2.17. The molecular weight excluding hydrogens is 372 g/mol. The Kier molecular flexibility index (Phi) is 6.22. The zero-order chi connectivity index (χ0) is 21.0. The van der Waals surface area contributed by atoms with Crippen LogP contribution in [0.4, 0.5) is 0 Å². The third kappa shape index (κ3) is 4.77. The molecule has 0 unspecified atom stereocenters. The van der Waals surface area contributed by atoms with E-state index in [9.17, 15) is 9.59 Å². The molecule has 6 heteroatoms. The molecule has 0 N–H and O–H groups in total. The third-order valence-corrected chi connectivity index (χ3v) is 4.21. The fraction of sp³-hybridized carbons (Fsp3) is 0.304. The Labute approximate surface area is 169 Å². The summed E-state index contributed by atoms with van der Waals surface area (Å²) in [6, 6.07) is 12.2. The van der Waals surface area contributed by atoms with Crippen molar-refractivity contribution in [2.75, 3.05) is 6.61 Å². The van der Waals surface area contributed by atoms with E-state index in [1.807, 2.05) is 38.1 Å².